The minimum absolute atomic E-state index is 0.178. The summed E-state index contributed by atoms with van der Waals surface area (Å²) in [5.74, 6) is -1.06. The predicted molar refractivity (Wildman–Crippen MR) is 65.9 cm³/mol. The zero-order valence-electron chi connectivity index (χ0n) is 10.9. The Bertz CT molecular complexity index is 633. The minimum Gasteiger partial charge on any atom is -0.305 e. The highest BCUT2D eigenvalue weighted by Gasteiger charge is 2.40. The second kappa shape index (κ2) is 5.10. The van der Waals surface area contributed by atoms with Gasteiger partial charge >= 0.3 is 6.18 Å². The monoisotopic (exact) mass is 300 g/mol. The molecule has 1 N–H and O–H groups in total. The Hall–Kier alpha value is -1.96. The Kier molecular flexibility index (Phi) is 3.40. The van der Waals surface area contributed by atoms with E-state index in [4.69, 9.17) is 0 Å². The summed E-state index contributed by atoms with van der Waals surface area (Å²) in [4.78, 5) is 0. The molecule has 0 saturated heterocycles. The van der Waals surface area contributed by atoms with Crippen LogP contribution in [0.1, 0.15) is 23.3 Å². The van der Waals surface area contributed by atoms with Crippen LogP contribution >= 0.6 is 0 Å². The third-order valence-corrected chi connectivity index (χ3v) is 3.42. The van der Waals surface area contributed by atoms with Gasteiger partial charge in [-0.05, 0) is 24.1 Å². The van der Waals surface area contributed by atoms with Crippen molar-refractivity contribution >= 4 is 0 Å². The van der Waals surface area contributed by atoms with Gasteiger partial charge in [-0.2, -0.15) is 13.2 Å². The van der Waals surface area contributed by atoms with Crippen LogP contribution in [0.2, 0.25) is 0 Å². The number of benzene rings is 1. The van der Waals surface area contributed by atoms with E-state index in [0.29, 0.717) is 13.0 Å². The van der Waals surface area contributed by atoms with Crippen LogP contribution in [-0.2, 0) is 19.1 Å². The smallest absolute Gasteiger partial charge is 0.305 e. The number of halogens is 4. The van der Waals surface area contributed by atoms with E-state index in [1.807, 2.05) is 0 Å². The molecule has 0 fully saturated rings. The van der Waals surface area contributed by atoms with E-state index in [-0.39, 0.29) is 24.2 Å². The normalized spacial score (nSPS) is 18.6. The van der Waals surface area contributed by atoms with Gasteiger partial charge < -0.3 is 9.88 Å². The Labute approximate surface area is 117 Å². The Morgan fingerprint density at radius 1 is 1.19 bits per heavy atom. The van der Waals surface area contributed by atoms with Gasteiger partial charge in [-0.15, -0.1) is 10.2 Å². The van der Waals surface area contributed by atoms with Crippen LogP contribution in [0.15, 0.2) is 24.3 Å². The van der Waals surface area contributed by atoms with E-state index in [0.717, 1.165) is 10.1 Å². The maximum absolute atomic E-state index is 12.9. The van der Waals surface area contributed by atoms with Crippen LogP contribution in [-0.4, -0.2) is 21.3 Å². The van der Waals surface area contributed by atoms with Gasteiger partial charge in [0, 0.05) is 13.1 Å². The van der Waals surface area contributed by atoms with Gasteiger partial charge in [0.1, 0.15) is 5.82 Å². The first-order chi connectivity index (χ1) is 9.95. The Balaban J connectivity index is 1.87. The SMILES string of the molecule is Fc1ccc(CC2NCCn3c2nnc3C(F)(F)F)cc1. The lowest BCUT2D eigenvalue weighted by Crippen LogP contribution is -2.36. The highest BCUT2D eigenvalue weighted by Crippen LogP contribution is 2.31. The zero-order chi connectivity index (χ0) is 15.0. The van der Waals surface area contributed by atoms with Crippen molar-refractivity contribution < 1.29 is 17.6 Å². The number of hydrogen-bond acceptors (Lipinski definition) is 3. The molecule has 0 aliphatic carbocycles. The molecule has 3 rings (SSSR count). The third-order valence-electron chi connectivity index (χ3n) is 3.42. The molecule has 2 heterocycles. The summed E-state index contributed by atoms with van der Waals surface area (Å²) in [6, 6.07) is 5.50. The minimum atomic E-state index is -4.51. The molecule has 1 unspecified atom stereocenters. The Morgan fingerprint density at radius 2 is 1.90 bits per heavy atom. The number of fused-ring (bicyclic) bond motifs is 1. The highest BCUT2D eigenvalue weighted by atomic mass is 19.4. The molecule has 112 valence electrons. The molecule has 4 nitrogen and oxygen atoms in total. The maximum Gasteiger partial charge on any atom is 0.451 e. The molecule has 8 heteroatoms. The molecule has 1 aliphatic rings. The quantitative estimate of drug-likeness (QED) is 0.866. The van der Waals surface area contributed by atoms with E-state index in [2.05, 4.69) is 15.5 Å². The molecule has 0 bridgehead atoms. The van der Waals surface area contributed by atoms with Gasteiger partial charge in [0.2, 0.25) is 5.82 Å². The van der Waals surface area contributed by atoms with Gasteiger partial charge in [-0.3, -0.25) is 0 Å². The fraction of sp³-hybridized carbons (Fsp3) is 0.385. The van der Waals surface area contributed by atoms with Crippen LogP contribution < -0.4 is 5.32 Å². The van der Waals surface area contributed by atoms with Crippen molar-refractivity contribution in [1.82, 2.24) is 20.1 Å². The number of nitrogens with zero attached hydrogens (tertiary/aromatic N) is 3. The van der Waals surface area contributed by atoms with Crippen LogP contribution in [0.3, 0.4) is 0 Å². The third kappa shape index (κ3) is 2.76. The van der Waals surface area contributed by atoms with Crippen molar-refractivity contribution in [2.75, 3.05) is 6.54 Å². The topological polar surface area (TPSA) is 42.7 Å². The van der Waals surface area contributed by atoms with Crippen molar-refractivity contribution in [3.63, 3.8) is 0 Å². The molecule has 1 atom stereocenters. The fourth-order valence-electron chi connectivity index (χ4n) is 2.46. The fourth-order valence-corrected chi connectivity index (χ4v) is 2.46. The number of rotatable bonds is 2. The van der Waals surface area contributed by atoms with Crippen molar-refractivity contribution in [3.05, 3.63) is 47.3 Å². The molecule has 1 aromatic heterocycles. The summed E-state index contributed by atoms with van der Waals surface area (Å²) >= 11 is 0. The molecule has 2 aromatic rings. The van der Waals surface area contributed by atoms with Gasteiger partial charge in [0.15, 0.2) is 5.82 Å². The molecule has 0 radical (unpaired) electrons. The number of hydrogen-bond donors (Lipinski definition) is 1. The summed E-state index contributed by atoms with van der Waals surface area (Å²) in [7, 11) is 0. The second-order valence-corrected chi connectivity index (χ2v) is 4.87. The summed E-state index contributed by atoms with van der Waals surface area (Å²) in [5.41, 5.74) is 0.818. The van der Waals surface area contributed by atoms with Gasteiger partial charge in [-0.25, -0.2) is 4.39 Å². The van der Waals surface area contributed by atoms with Crippen molar-refractivity contribution in [3.8, 4) is 0 Å². The molecular weight excluding hydrogens is 288 g/mol. The number of nitrogens with one attached hydrogen (secondary N) is 1. The van der Waals surface area contributed by atoms with Crippen LogP contribution in [0.4, 0.5) is 17.6 Å². The van der Waals surface area contributed by atoms with Crippen LogP contribution in [0, 0.1) is 5.82 Å². The summed E-state index contributed by atoms with van der Waals surface area (Å²) in [6.07, 6.45) is -4.08. The molecule has 1 aromatic carbocycles. The first kappa shape index (κ1) is 14.0. The maximum atomic E-state index is 12.9. The largest absolute Gasteiger partial charge is 0.451 e. The van der Waals surface area contributed by atoms with Gasteiger partial charge in [0.05, 0.1) is 6.04 Å². The summed E-state index contributed by atoms with van der Waals surface area (Å²) in [6.45, 7) is 0.580. The van der Waals surface area contributed by atoms with E-state index < -0.39 is 12.0 Å². The molecule has 0 spiro atoms. The predicted octanol–water partition coefficient (Wildman–Crippen LogP) is 2.32. The summed E-state index contributed by atoms with van der Waals surface area (Å²) in [5, 5.41) is 10.1. The van der Waals surface area contributed by atoms with E-state index in [1.54, 1.807) is 12.1 Å². The molecular formula is C13H12F4N4. The van der Waals surface area contributed by atoms with Crippen LogP contribution in [0.5, 0.6) is 0 Å². The van der Waals surface area contributed by atoms with Crippen molar-refractivity contribution in [1.29, 1.82) is 0 Å². The number of alkyl halides is 3. The lowest BCUT2D eigenvalue weighted by Gasteiger charge is -2.25. The average Bonchev–Trinajstić information content (AvgIpc) is 2.86. The highest BCUT2D eigenvalue weighted by molar-refractivity contribution is 5.19. The standard InChI is InChI=1S/C13H12F4N4/c14-9-3-1-8(2-4-9)7-10-11-19-20-12(13(15,16)17)21(11)6-5-18-10/h1-4,10,18H,5-7H2. The van der Waals surface area contributed by atoms with Crippen LogP contribution in [0.25, 0.3) is 0 Å². The van der Waals surface area contributed by atoms with Gasteiger partial charge in [-0.1, -0.05) is 12.1 Å². The lowest BCUT2D eigenvalue weighted by molar-refractivity contribution is -0.147. The zero-order valence-corrected chi connectivity index (χ0v) is 10.9. The molecule has 0 saturated carbocycles. The second-order valence-electron chi connectivity index (χ2n) is 4.87. The molecule has 21 heavy (non-hydrogen) atoms. The number of aromatic nitrogens is 3. The van der Waals surface area contributed by atoms with E-state index in [9.17, 15) is 17.6 Å². The van der Waals surface area contributed by atoms with E-state index in [1.165, 1.54) is 12.1 Å². The Morgan fingerprint density at radius 3 is 2.57 bits per heavy atom. The summed E-state index contributed by atoms with van der Waals surface area (Å²) < 4.78 is 52.4. The van der Waals surface area contributed by atoms with Crippen molar-refractivity contribution in [2.45, 2.75) is 25.2 Å². The lowest BCUT2D eigenvalue weighted by atomic mass is 10.0. The van der Waals surface area contributed by atoms with E-state index >= 15 is 0 Å². The van der Waals surface area contributed by atoms with Crippen molar-refractivity contribution in [2.24, 2.45) is 0 Å². The first-order valence-electron chi connectivity index (χ1n) is 6.43. The average molecular weight is 300 g/mol. The first-order valence-corrected chi connectivity index (χ1v) is 6.43. The molecule has 1 aliphatic heterocycles. The molecule has 0 amide bonds. The van der Waals surface area contributed by atoms with Gasteiger partial charge in [0.25, 0.3) is 0 Å².